The van der Waals surface area contributed by atoms with Gasteiger partial charge >= 0.3 is 24.7 Å². The molecule has 0 radical (unpaired) electrons. The number of rotatable bonds is 9. The van der Waals surface area contributed by atoms with E-state index >= 15 is 0 Å². The van der Waals surface area contributed by atoms with Gasteiger partial charge in [0, 0.05) is 0 Å². The molecule has 0 saturated heterocycles. The second-order valence-electron chi connectivity index (χ2n) is 13.5. The number of benzene rings is 9. The fourth-order valence-corrected chi connectivity index (χ4v) is 14.7. The van der Waals surface area contributed by atoms with Crippen molar-refractivity contribution in [2.45, 2.75) is 0 Å². The standard InChI is InChI=1S/3C18H15P.CO.Ni/c3*1-4-10-16(11-5-1)19(17-12-6-2-7-13-17)18-14-8-3-9-15-18;1-2;/h3*1-15H;;/p+3. The molecular formula is C55H48NiOP3+3. The number of hydrogen-bond acceptors (Lipinski definition) is 1. The molecule has 0 aliphatic rings. The van der Waals surface area contributed by atoms with Crippen molar-refractivity contribution in [1.29, 1.82) is 0 Å². The van der Waals surface area contributed by atoms with Crippen LogP contribution in [0.15, 0.2) is 273 Å². The Morgan fingerprint density at radius 2 is 0.300 bits per heavy atom. The summed E-state index contributed by atoms with van der Waals surface area (Å²) >= 11 is 3.36. The van der Waals surface area contributed by atoms with Crippen LogP contribution in [0.25, 0.3) is 0 Å². The molecule has 0 saturated carbocycles. The minimum Gasteiger partial charge on any atom is -0.0620 e. The largest absolute Gasteiger partial charge is 0.102 e. The number of hydrogen-bond donors (Lipinski definition) is 0. The van der Waals surface area contributed by atoms with E-state index in [1.54, 1.807) is 0 Å². The van der Waals surface area contributed by atoms with Crippen molar-refractivity contribution in [3.05, 3.63) is 273 Å². The van der Waals surface area contributed by atoms with Crippen molar-refractivity contribution in [2.75, 3.05) is 0 Å². The van der Waals surface area contributed by atoms with Gasteiger partial charge in [0.25, 0.3) is 0 Å². The van der Waals surface area contributed by atoms with Crippen molar-refractivity contribution >= 4 is 76.4 Å². The van der Waals surface area contributed by atoms with Crippen molar-refractivity contribution in [1.82, 2.24) is 0 Å². The normalized spacial score (nSPS) is 10.2. The summed E-state index contributed by atoms with van der Waals surface area (Å²) in [6.45, 7) is 0. The van der Waals surface area contributed by atoms with Crippen molar-refractivity contribution in [3.63, 3.8) is 0 Å². The summed E-state index contributed by atoms with van der Waals surface area (Å²) in [6, 6.07) is 97.5. The Labute approximate surface area is 367 Å². The Morgan fingerprint density at radius 1 is 0.217 bits per heavy atom. The maximum absolute atomic E-state index is 8.51. The monoisotopic (exact) mass is 875 g/mol. The van der Waals surface area contributed by atoms with Crippen LogP contribution in [-0.4, -0.2) is 4.86 Å². The van der Waals surface area contributed by atoms with Crippen LogP contribution in [-0.2, 0) is 19.8 Å². The van der Waals surface area contributed by atoms with Crippen LogP contribution < -0.4 is 47.7 Å². The number of carbonyl (C=O) groups excluding carboxylic acids is 1. The molecule has 9 rings (SSSR count). The van der Waals surface area contributed by atoms with E-state index < -0.39 is 23.8 Å². The van der Waals surface area contributed by atoms with Gasteiger partial charge in [-0.25, -0.2) is 0 Å². The Balaban J connectivity index is 0.000000146. The first-order chi connectivity index (χ1) is 29.8. The summed E-state index contributed by atoms with van der Waals surface area (Å²) in [5.74, 6) is 0. The summed E-state index contributed by atoms with van der Waals surface area (Å²) in [4.78, 5) is 9.64. The van der Waals surface area contributed by atoms with Crippen LogP contribution in [0, 0.1) is 0 Å². The first kappa shape index (κ1) is 43.9. The van der Waals surface area contributed by atoms with Crippen molar-refractivity contribution in [3.8, 4) is 0 Å². The molecule has 0 bridgehead atoms. The Morgan fingerprint density at radius 3 is 0.383 bits per heavy atom. The van der Waals surface area contributed by atoms with Crippen LogP contribution in [0.4, 0.5) is 0 Å². The average molecular weight is 877 g/mol. The zero-order valence-corrected chi connectivity index (χ0v) is 37.2. The summed E-state index contributed by atoms with van der Waals surface area (Å²) in [6.07, 6.45) is 0. The maximum atomic E-state index is 8.51. The van der Waals surface area contributed by atoms with Crippen LogP contribution in [0.5, 0.6) is 0 Å². The van der Waals surface area contributed by atoms with Crippen LogP contribution in [0.2, 0.25) is 0 Å². The zero-order valence-electron chi connectivity index (χ0n) is 33.2. The van der Waals surface area contributed by atoms with Gasteiger partial charge in [0.1, 0.15) is 47.7 Å². The van der Waals surface area contributed by atoms with Gasteiger partial charge in [-0.2, -0.15) is 0 Å². The average Bonchev–Trinajstić information content (AvgIpc) is 3.33. The van der Waals surface area contributed by atoms with Gasteiger partial charge < -0.3 is 0 Å². The SMILES string of the molecule is O=[C]=[Ni].c1ccc([PH+](c2ccccc2)c2ccccc2)cc1.c1ccc([PH+](c2ccccc2)c2ccccc2)cc1.c1ccc([PH+](c2ccccc2)c2ccccc2)cc1. The fraction of sp³-hybridized carbons (Fsp3) is 0. The molecular weight excluding hydrogens is 828 g/mol. The predicted molar refractivity (Wildman–Crippen MR) is 265 cm³/mol. The zero-order chi connectivity index (χ0) is 41.5. The molecule has 60 heavy (non-hydrogen) atoms. The Kier molecular flexibility index (Phi) is 18.4. The van der Waals surface area contributed by atoms with Gasteiger partial charge in [-0.1, -0.05) is 164 Å². The molecule has 0 aliphatic heterocycles. The topological polar surface area (TPSA) is 17.1 Å². The molecule has 0 atom stereocenters. The van der Waals surface area contributed by atoms with Crippen LogP contribution >= 0.6 is 23.8 Å². The molecule has 9 aromatic carbocycles. The van der Waals surface area contributed by atoms with E-state index in [4.69, 9.17) is 4.79 Å². The predicted octanol–water partition coefficient (Wildman–Crippen LogP) is 9.13. The summed E-state index contributed by atoms with van der Waals surface area (Å²) in [7, 11) is -2.63. The van der Waals surface area contributed by atoms with Gasteiger partial charge in [-0.05, 0) is 109 Å². The minimum absolute atomic E-state index is 0.877. The van der Waals surface area contributed by atoms with Gasteiger partial charge in [-0.15, -0.1) is 0 Å². The van der Waals surface area contributed by atoms with Gasteiger partial charge in [0.05, 0.1) is 23.8 Å². The quantitative estimate of drug-likeness (QED) is 0.105. The van der Waals surface area contributed by atoms with Gasteiger partial charge in [0.15, 0.2) is 0 Å². The second kappa shape index (κ2) is 25.1. The van der Waals surface area contributed by atoms with Crippen molar-refractivity contribution in [2.24, 2.45) is 0 Å². The first-order valence-corrected chi connectivity index (χ1v) is 24.8. The van der Waals surface area contributed by atoms with Gasteiger partial charge in [0.2, 0.25) is 0 Å². The molecule has 0 heterocycles. The van der Waals surface area contributed by atoms with E-state index in [1.165, 1.54) is 47.7 Å². The summed E-state index contributed by atoms with van der Waals surface area (Å²) in [5, 5.41) is 12.9. The van der Waals surface area contributed by atoms with Crippen LogP contribution in [0.1, 0.15) is 0 Å². The van der Waals surface area contributed by atoms with Gasteiger partial charge in [-0.3, -0.25) is 0 Å². The molecule has 0 aromatic heterocycles. The van der Waals surface area contributed by atoms with E-state index in [1.807, 2.05) is 0 Å². The molecule has 1 nitrogen and oxygen atoms in total. The molecule has 0 unspecified atom stereocenters. The van der Waals surface area contributed by atoms with Crippen LogP contribution in [0.3, 0.4) is 0 Å². The van der Waals surface area contributed by atoms with Crippen molar-refractivity contribution < 1.29 is 19.8 Å². The maximum Gasteiger partial charge on any atom is 0.102 e. The molecule has 0 aliphatic carbocycles. The summed E-state index contributed by atoms with van der Waals surface area (Å²) < 4.78 is 0. The Bertz CT molecular complexity index is 1960. The first-order valence-electron chi connectivity index (χ1n) is 19.8. The molecule has 5 heteroatoms. The van der Waals surface area contributed by atoms with E-state index in [9.17, 15) is 0 Å². The Hall–Kier alpha value is -5.66. The molecule has 9 aromatic rings. The smallest absolute Gasteiger partial charge is 0.0620 e. The molecule has 0 amide bonds. The van der Waals surface area contributed by atoms with E-state index in [0.717, 1.165) is 4.86 Å². The summed E-state index contributed by atoms with van der Waals surface area (Å²) in [5.41, 5.74) is 0. The molecule has 296 valence electrons. The van der Waals surface area contributed by atoms with E-state index in [-0.39, 0.29) is 0 Å². The van der Waals surface area contributed by atoms with E-state index in [0.29, 0.717) is 0 Å². The third-order valence-corrected chi connectivity index (χ3v) is 17.8. The molecule has 0 fully saturated rings. The molecule has 0 N–H and O–H groups in total. The minimum atomic E-state index is -0.877. The third kappa shape index (κ3) is 13.2. The molecule has 0 spiro atoms. The fourth-order valence-electron chi connectivity index (χ4n) is 6.94. The second-order valence-corrected chi connectivity index (χ2v) is 21.1. The van der Waals surface area contributed by atoms with E-state index in [2.05, 4.69) is 288 Å². The third-order valence-electron chi connectivity index (χ3n) is 9.56.